The van der Waals surface area contributed by atoms with Crippen LogP contribution in [0.5, 0.6) is 0 Å². The van der Waals surface area contributed by atoms with Gasteiger partial charge in [0, 0.05) is 6.04 Å². The van der Waals surface area contributed by atoms with Crippen molar-refractivity contribution in [2.75, 3.05) is 13.1 Å². The average molecular weight is 252 g/mol. The van der Waals surface area contributed by atoms with Gasteiger partial charge in [-0.1, -0.05) is 19.8 Å². The fourth-order valence-electron chi connectivity index (χ4n) is 2.19. The van der Waals surface area contributed by atoms with Gasteiger partial charge in [-0.15, -0.1) is 0 Å². The van der Waals surface area contributed by atoms with Crippen LogP contribution in [-0.2, 0) is 4.79 Å². The molecule has 2 N–H and O–H groups in total. The molecule has 0 radical (unpaired) electrons. The lowest BCUT2D eigenvalue weighted by atomic mass is 9.84. The second kappa shape index (κ2) is 6.23. The summed E-state index contributed by atoms with van der Waals surface area (Å²) in [4.78, 5) is 11.4. The van der Waals surface area contributed by atoms with Gasteiger partial charge in [0.25, 0.3) is 0 Å². The molecule has 0 aliphatic heterocycles. The van der Waals surface area contributed by atoms with Crippen molar-refractivity contribution in [3.63, 3.8) is 0 Å². The Morgan fingerprint density at radius 1 is 1.29 bits per heavy atom. The van der Waals surface area contributed by atoms with Gasteiger partial charge in [-0.05, 0) is 19.4 Å². The predicted octanol–water partition coefficient (Wildman–Crippen LogP) is 1.83. The number of likely N-dealkylation sites (N-methyl/N-ethyl adjacent to an activating group) is 1. The maximum atomic E-state index is 12.7. The Labute approximate surface area is 99.1 Å². The Hall–Kier alpha value is -0.780. The summed E-state index contributed by atoms with van der Waals surface area (Å²) in [5, 5.41) is 5.29. The maximum absolute atomic E-state index is 12.7. The molecule has 1 fully saturated rings. The van der Waals surface area contributed by atoms with Crippen LogP contribution in [0.25, 0.3) is 0 Å². The average Bonchev–Trinajstić information content (AvgIpc) is 2.25. The van der Waals surface area contributed by atoms with Crippen LogP contribution in [0.2, 0.25) is 0 Å². The van der Waals surface area contributed by atoms with Gasteiger partial charge in [0.1, 0.15) is 0 Å². The molecule has 0 heterocycles. The van der Waals surface area contributed by atoms with Crippen molar-refractivity contribution in [3.8, 4) is 0 Å². The second-order valence-corrected chi connectivity index (χ2v) is 4.39. The monoisotopic (exact) mass is 252 g/mol. The van der Waals surface area contributed by atoms with E-state index in [1.165, 1.54) is 0 Å². The normalized spacial score (nSPS) is 25.6. The number of alkyl halides is 3. The molecule has 1 rings (SSSR count). The standard InChI is InChI=1S/C11H19F3N2O/c1-2-15-7-10(17)16-9-6-4-3-5-8(9)11(12,13)14/h8-9,15H,2-7H2,1H3,(H,16,17). The van der Waals surface area contributed by atoms with Gasteiger partial charge in [-0.3, -0.25) is 4.79 Å². The van der Waals surface area contributed by atoms with E-state index in [0.717, 1.165) is 6.42 Å². The Morgan fingerprint density at radius 2 is 1.94 bits per heavy atom. The molecular formula is C11H19F3N2O. The van der Waals surface area contributed by atoms with Crippen LogP contribution in [0.4, 0.5) is 13.2 Å². The minimum absolute atomic E-state index is 0.0809. The fourth-order valence-corrected chi connectivity index (χ4v) is 2.19. The number of carbonyl (C=O) groups is 1. The third kappa shape index (κ3) is 4.53. The highest BCUT2D eigenvalue weighted by atomic mass is 19.4. The molecule has 1 aliphatic carbocycles. The van der Waals surface area contributed by atoms with E-state index < -0.39 is 18.1 Å². The Kier molecular flexibility index (Phi) is 5.24. The minimum Gasteiger partial charge on any atom is -0.352 e. The predicted molar refractivity (Wildman–Crippen MR) is 58.5 cm³/mol. The number of hydrogen-bond acceptors (Lipinski definition) is 2. The Morgan fingerprint density at radius 3 is 2.53 bits per heavy atom. The second-order valence-electron chi connectivity index (χ2n) is 4.39. The van der Waals surface area contributed by atoms with Gasteiger partial charge in [-0.2, -0.15) is 13.2 Å². The van der Waals surface area contributed by atoms with Gasteiger partial charge < -0.3 is 10.6 Å². The third-order valence-electron chi connectivity index (χ3n) is 3.07. The summed E-state index contributed by atoms with van der Waals surface area (Å²) < 4.78 is 38.2. The van der Waals surface area contributed by atoms with Crippen LogP contribution < -0.4 is 10.6 Å². The highest BCUT2D eigenvalue weighted by Crippen LogP contribution is 2.37. The lowest BCUT2D eigenvalue weighted by molar-refractivity contribution is -0.189. The number of hydrogen-bond donors (Lipinski definition) is 2. The van der Waals surface area contributed by atoms with Crippen LogP contribution in [0.3, 0.4) is 0 Å². The highest BCUT2D eigenvalue weighted by molar-refractivity contribution is 5.78. The highest BCUT2D eigenvalue weighted by Gasteiger charge is 2.45. The van der Waals surface area contributed by atoms with Crippen molar-refractivity contribution in [1.82, 2.24) is 10.6 Å². The number of amides is 1. The number of halogens is 3. The van der Waals surface area contributed by atoms with Gasteiger partial charge in [0.15, 0.2) is 0 Å². The van der Waals surface area contributed by atoms with E-state index in [-0.39, 0.29) is 18.9 Å². The minimum atomic E-state index is -4.21. The van der Waals surface area contributed by atoms with E-state index >= 15 is 0 Å². The molecule has 0 aromatic heterocycles. The molecule has 0 saturated heterocycles. The van der Waals surface area contributed by atoms with E-state index in [1.54, 1.807) is 0 Å². The summed E-state index contributed by atoms with van der Waals surface area (Å²) in [6, 6.07) is -0.755. The quantitative estimate of drug-likeness (QED) is 0.801. The first kappa shape index (κ1) is 14.3. The molecule has 0 bridgehead atoms. The summed E-state index contributed by atoms with van der Waals surface area (Å²) in [6.07, 6.45) is -2.34. The molecule has 1 saturated carbocycles. The molecule has 17 heavy (non-hydrogen) atoms. The SMILES string of the molecule is CCNCC(=O)NC1CCCCC1C(F)(F)F. The van der Waals surface area contributed by atoms with Crippen molar-refractivity contribution in [2.45, 2.75) is 44.8 Å². The summed E-state index contributed by atoms with van der Waals surface area (Å²) in [5.74, 6) is -1.74. The molecule has 0 aromatic carbocycles. The van der Waals surface area contributed by atoms with Crippen molar-refractivity contribution < 1.29 is 18.0 Å². The Bertz CT molecular complexity index is 256. The Balaban J connectivity index is 2.51. The van der Waals surface area contributed by atoms with E-state index in [0.29, 0.717) is 19.4 Å². The van der Waals surface area contributed by atoms with Gasteiger partial charge in [0.05, 0.1) is 12.5 Å². The van der Waals surface area contributed by atoms with Crippen molar-refractivity contribution >= 4 is 5.91 Å². The first-order chi connectivity index (χ1) is 7.95. The van der Waals surface area contributed by atoms with Crippen molar-refractivity contribution in [3.05, 3.63) is 0 Å². The number of carbonyl (C=O) groups excluding carboxylic acids is 1. The maximum Gasteiger partial charge on any atom is 0.393 e. The van der Waals surface area contributed by atoms with Crippen LogP contribution in [0.15, 0.2) is 0 Å². The molecule has 1 amide bonds. The smallest absolute Gasteiger partial charge is 0.352 e. The molecule has 2 unspecified atom stereocenters. The zero-order valence-corrected chi connectivity index (χ0v) is 9.94. The number of rotatable bonds is 4. The summed E-state index contributed by atoms with van der Waals surface area (Å²) >= 11 is 0. The largest absolute Gasteiger partial charge is 0.393 e. The summed E-state index contributed by atoms with van der Waals surface area (Å²) in [5.41, 5.74) is 0. The molecule has 2 atom stereocenters. The third-order valence-corrected chi connectivity index (χ3v) is 3.07. The first-order valence-electron chi connectivity index (χ1n) is 6.02. The molecular weight excluding hydrogens is 233 g/mol. The molecule has 100 valence electrons. The fraction of sp³-hybridized carbons (Fsp3) is 0.909. The molecule has 0 aromatic rings. The van der Waals surface area contributed by atoms with Gasteiger partial charge >= 0.3 is 6.18 Å². The zero-order valence-electron chi connectivity index (χ0n) is 9.94. The lowest BCUT2D eigenvalue weighted by Crippen LogP contribution is -2.49. The van der Waals surface area contributed by atoms with Crippen LogP contribution in [0, 0.1) is 5.92 Å². The molecule has 1 aliphatic rings. The molecule has 3 nitrogen and oxygen atoms in total. The van der Waals surface area contributed by atoms with Crippen LogP contribution >= 0.6 is 0 Å². The van der Waals surface area contributed by atoms with Crippen LogP contribution in [-0.4, -0.2) is 31.2 Å². The van der Waals surface area contributed by atoms with Crippen molar-refractivity contribution in [1.29, 1.82) is 0 Å². The topological polar surface area (TPSA) is 41.1 Å². The zero-order chi connectivity index (χ0) is 12.9. The van der Waals surface area contributed by atoms with E-state index in [4.69, 9.17) is 0 Å². The van der Waals surface area contributed by atoms with Crippen LogP contribution in [0.1, 0.15) is 32.6 Å². The summed E-state index contributed by atoms with van der Waals surface area (Å²) in [7, 11) is 0. The van der Waals surface area contributed by atoms with E-state index in [1.807, 2.05) is 6.92 Å². The molecule has 6 heteroatoms. The lowest BCUT2D eigenvalue weighted by Gasteiger charge is -2.33. The van der Waals surface area contributed by atoms with E-state index in [2.05, 4.69) is 10.6 Å². The summed E-state index contributed by atoms with van der Waals surface area (Å²) in [6.45, 7) is 2.55. The van der Waals surface area contributed by atoms with E-state index in [9.17, 15) is 18.0 Å². The van der Waals surface area contributed by atoms with Crippen molar-refractivity contribution in [2.24, 2.45) is 5.92 Å². The molecule has 0 spiro atoms. The van der Waals surface area contributed by atoms with Gasteiger partial charge in [-0.25, -0.2) is 0 Å². The first-order valence-corrected chi connectivity index (χ1v) is 6.02. The number of nitrogens with one attached hydrogen (secondary N) is 2. The van der Waals surface area contributed by atoms with Gasteiger partial charge in [0.2, 0.25) is 5.91 Å².